The first-order valence-corrected chi connectivity index (χ1v) is 7.25. The Balaban J connectivity index is 2.31. The van der Waals surface area contributed by atoms with Crippen molar-refractivity contribution in [3.63, 3.8) is 0 Å². The van der Waals surface area contributed by atoms with Crippen molar-refractivity contribution in [2.45, 2.75) is 19.4 Å². The molecule has 0 saturated carbocycles. The minimum absolute atomic E-state index is 0.655. The lowest BCUT2D eigenvalue weighted by Crippen LogP contribution is -2.18. The fourth-order valence-corrected chi connectivity index (χ4v) is 1.97. The van der Waals surface area contributed by atoms with Gasteiger partial charge >= 0.3 is 0 Å². The maximum Gasteiger partial charge on any atom is 0.137 e. The molecule has 0 atom stereocenters. The number of methoxy groups -OCH3 is 2. The molecule has 0 aliphatic rings. The smallest absolute Gasteiger partial charge is 0.137 e. The summed E-state index contributed by atoms with van der Waals surface area (Å²) < 4.78 is 15.6. The maximum absolute atomic E-state index is 6.21. The highest BCUT2D eigenvalue weighted by Crippen LogP contribution is 2.25. The molecular weight excluding hydrogens is 278 g/mol. The summed E-state index contributed by atoms with van der Waals surface area (Å²) in [5, 5.41) is 3.93. The normalized spacial score (nSPS) is 10.8. The van der Waals surface area contributed by atoms with E-state index in [2.05, 4.69) is 5.32 Å². The van der Waals surface area contributed by atoms with E-state index < -0.39 is 0 Å². The van der Waals surface area contributed by atoms with Gasteiger partial charge in [-0.1, -0.05) is 17.7 Å². The molecule has 0 radical (unpaired) electrons. The predicted molar refractivity (Wildman–Crippen MR) is 81.6 cm³/mol. The number of hydrogen-bond donors (Lipinski definition) is 1. The monoisotopic (exact) mass is 301 g/mol. The number of unbranched alkanes of at least 4 members (excludes halogenated alkanes) is 1. The van der Waals surface area contributed by atoms with Crippen LogP contribution in [0.15, 0.2) is 18.2 Å². The van der Waals surface area contributed by atoms with Crippen molar-refractivity contribution in [2.75, 3.05) is 40.6 Å². The summed E-state index contributed by atoms with van der Waals surface area (Å²) in [5.41, 5.74) is 1.14. The van der Waals surface area contributed by atoms with Crippen LogP contribution in [-0.4, -0.2) is 40.6 Å². The lowest BCUT2D eigenvalue weighted by atomic mass is 10.2. The number of benzene rings is 1. The number of rotatable bonds is 11. The molecule has 0 saturated heterocycles. The molecular formula is C15H24ClNO3. The van der Waals surface area contributed by atoms with Gasteiger partial charge in [0.25, 0.3) is 0 Å². The average Bonchev–Trinajstić information content (AvgIpc) is 2.45. The third kappa shape index (κ3) is 7.10. The summed E-state index contributed by atoms with van der Waals surface area (Å²) in [5.74, 6) is 0.740. The second kappa shape index (κ2) is 10.9. The second-order valence-corrected chi connectivity index (χ2v) is 4.89. The van der Waals surface area contributed by atoms with Crippen LogP contribution < -0.4 is 10.1 Å². The Labute approximate surface area is 126 Å². The van der Waals surface area contributed by atoms with Crippen molar-refractivity contribution in [1.82, 2.24) is 5.32 Å². The van der Waals surface area contributed by atoms with Crippen molar-refractivity contribution in [1.29, 1.82) is 0 Å². The fourth-order valence-electron chi connectivity index (χ4n) is 1.71. The minimum Gasteiger partial charge on any atom is -0.492 e. The van der Waals surface area contributed by atoms with E-state index in [0.29, 0.717) is 18.2 Å². The van der Waals surface area contributed by atoms with Gasteiger partial charge in [0.15, 0.2) is 0 Å². The molecule has 0 amide bonds. The van der Waals surface area contributed by atoms with Crippen LogP contribution in [0.3, 0.4) is 0 Å². The predicted octanol–water partition coefficient (Wildman–Crippen LogP) is 2.88. The molecule has 0 aromatic heterocycles. The first-order chi connectivity index (χ1) is 9.77. The highest BCUT2D eigenvalue weighted by Gasteiger charge is 2.03. The van der Waals surface area contributed by atoms with Gasteiger partial charge in [-0.2, -0.15) is 0 Å². The van der Waals surface area contributed by atoms with E-state index in [1.807, 2.05) is 18.2 Å². The Morgan fingerprint density at radius 3 is 2.50 bits per heavy atom. The van der Waals surface area contributed by atoms with Crippen LogP contribution in [0.4, 0.5) is 0 Å². The van der Waals surface area contributed by atoms with Crippen molar-refractivity contribution >= 4 is 11.6 Å². The van der Waals surface area contributed by atoms with E-state index in [1.54, 1.807) is 14.2 Å². The zero-order valence-corrected chi connectivity index (χ0v) is 13.0. The van der Waals surface area contributed by atoms with E-state index in [1.165, 1.54) is 0 Å². The van der Waals surface area contributed by atoms with Gasteiger partial charge in [0, 0.05) is 33.9 Å². The van der Waals surface area contributed by atoms with Crippen LogP contribution in [-0.2, 0) is 16.0 Å². The molecule has 0 aliphatic carbocycles. The summed E-state index contributed by atoms with van der Waals surface area (Å²) in [6.07, 6.45) is 1.96. The standard InChI is InChI=1S/C15H24ClNO3/c1-18-8-3-4-9-20-15-6-5-13(11-14(15)16)12-17-7-10-19-2/h5-6,11,17H,3-4,7-10,12H2,1-2H3. The molecule has 0 spiro atoms. The van der Waals surface area contributed by atoms with Gasteiger partial charge in [0.1, 0.15) is 5.75 Å². The zero-order chi connectivity index (χ0) is 14.6. The quantitative estimate of drug-likeness (QED) is 0.638. The number of ether oxygens (including phenoxy) is 3. The van der Waals surface area contributed by atoms with Gasteiger partial charge < -0.3 is 19.5 Å². The summed E-state index contributed by atoms with van der Waals surface area (Å²) >= 11 is 6.21. The number of nitrogens with one attached hydrogen (secondary N) is 1. The van der Waals surface area contributed by atoms with Crippen LogP contribution in [0.1, 0.15) is 18.4 Å². The number of halogens is 1. The van der Waals surface area contributed by atoms with Gasteiger partial charge in [0.2, 0.25) is 0 Å². The third-order valence-corrected chi connectivity index (χ3v) is 3.10. The van der Waals surface area contributed by atoms with E-state index in [9.17, 15) is 0 Å². The van der Waals surface area contributed by atoms with Crippen LogP contribution in [0.5, 0.6) is 5.75 Å². The molecule has 114 valence electrons. The minimum atomic E-state index is 0.655. The molecule has 1 aromatic carbocycles. The zero-order valence-electron chi connectivity index (χ0n) is 12.3. The van der Waals surface area contributed by atoms with Crippen molar-refractivity contribution < 1.29 is 14.2 Å². The highest BCUT2D eigenvalue weighted by atomic mass is 35.5. The molecule has 4 nitrogen and oxygen atoms in total. The Morgan fingerprint density at radius 2 is 1.80 bits per heavy atom. The first-order valence-electron chi connectivity index (χ1n) is 6.87. The topological polar surface area (TPSA) is 39.7 Å². The van der Waals surface area contributed by atoms with Crippen LogP contribution in [0.2, 0.25) is 5.02 Å². The Hall–Kier alpha value is -0.810. The molecule has 0 unspecified atom stereocenters. The molecule has 0 bridgehead atoms. The molecule has 1 rings (SSSR count). The molecule has 0 aliphatic heterocycles. The van der Waals surface area contributed by atoms with E-state index in [4.69, 9.17) is 25.8 Å². The van der Waals surface area contributed by atoms with Crippen LogP contribution >= 0.6 is 11.6 Å². The summed E-state index contributed by atoms with van der Waals surface area (Å²) in [7, 11) is 3.40. The van der Waals surface area contributed by atoms with Gasteiger partial charge in [0.05, 0.1) is 18.2 Å². The molecule has 1 N–H and O–H groups in total. The van der Waals surface area contributed by atoms with Crippen molar-refractivity contribution in [3.05, 3.63) is 28.8 Å². The van der Waals surface area contributed by atoms with E-state index in [0.717, 1.165) is 43.9 Å². The number of hydrogen-bond acceptors (Lipinski definition) is 4. The van der Waals surface area contributed by atoms with E-state index >= 15 is 0 Å². The van der Waals surface area contributed by atoms with Crippen molar-refractivity contribution in [2.24, 2.45) is 0 Å². The fraction of sp³-hybridized carbons (Fsp3) is 0.600. The first kappa shape index (κ1) is 17.2. The van der Waals surface area contributed by atoms with Crippen molar-refractivity contribution in [3.8, 4) is 5.75 Å². The Morgan fingerprint density at radius 1 is 1.05 bits per heavy atom. The van der Waals surface area contributed by atoms with Gasteiger partial charge in [-0.05, 0) is 30.5 Å². The lowest BCUT2D eigenvalue weighted by Gasteiger charge is -2.10. The molecule has 5 heteroatoms. The third-order valence-electron chi connectivity index (χ3n) is 2.81. The Kier molecular flexibility index (Phi) is 9.41. The average molecular weight is 302 g/mol. The lowest BCUT2D eigenvalue weighted by molar-refractivity contribution is 0.184. The van der Waals surface area contributed by atoms with E-state index in [-0.39, 0.29) is 0 Å². The Bertz CT molecular complexity index is 374. The SMILES string of the molecule is COCCCCOc1ccc(CNCCOC)cc1Cl. The molecule has 0 heterocycles. The van der Waals surface area contributed by atoms with Gasteiger partial charge in [-0.25, -0.2) is 0 Å². The largest absolute Gasteiger partial charge is 0.492 e. The van der Waals surface area contributed by atoms with Crippen LogP contribution in [0.25, 0.3) is 0 Å². The molecule has 1 aromatic rings. The second-order valence-electron chi connectivity index (χ2n) is 4.48. The summed E-state index contributed by atoms with van der Waals surface area (Å²) in [4.78, 5) is 0. The summed E-state index contributed by atoms with van der Waals surface area (Å²) in [6, 6.07) is 5.88. The molecule has 0 fully saturated rings. The molecule has 20 heavy (non-hydrogen) atoms. The highest BCUT2D eigenvalue weighted by molar-refractivity contribution is 6.32. The maximum atomic E-state index is 6.21. The van der Waals surface area contributed by atoms with Gasteiger partial charge in [-0.15, -0.1) is 0 Å². The van der Waals surface area contributed by atoms with Crippen LogP contribution in [0, 0.1) is 0 Å². The summed E-state index contributed by atoms with van der Waals surface area (Å²) in [6.45, 7) is 3.73. The van der Waals surface area contributed by atoms with Gasteiger partial charge in [-0.3, -0.25) is 0 Å².